The second-order valence-electron chi connectivity index (χ2n) is 5.01. The van der Waals surface area contributed by atoms with Gasteiger partial charge in [-0.3, -0.25) is 4.21 Å². The van der Waals surface area contributed by atoms with Crippen LogP contribution in [0.3, 0.4) is 0 Å². The molecule has 4 heteroatoms. The Balaban J connectivity index is -0.000000534. The maximum absolute atomic E-state index is 11.8. The maximum Gasteiger partial charge on any atom is 1.00 e. The molecular weight excluding hydrogens is 316 g/mol. The normalized spacial score (nSPS) is 30.9. The average Bonchev–Trinajstić information content (AvgIpc) is 2.18. The largest absolute Gasteiger partial charge is 1.00 e. The molecule has 1 saturated heterocycles. The van der Waals surface area contributed by atoms with Crippen LogP contribution < -0.4 is 58.2 Å². The van der Waals surface area contributed by atoms with Crippen molar-refractivity contribution in [2.45, 2.75) is 61.4 Å². The number of rotatable bonds is 2. The van der Waals surface area contributed by atoms with Crippen LogP contribution in [0.25, 0.3) is 4.72 Å². The number of hydrogen-bond acceptors (Lipinski definition) is 1. The summed E-state index contributed by atoms with van der Waals surface area (Å²) in [5.74, 6) is 6.09. The van der Waals surface area contributed by atoms with Gasteiger partial charge in [-0.2, -0.15) is 0 Å². The van der Waals surface area contributed by atoms with Crippen LogP contribution in [0.2, 0.25) is 0 Å². The first-order valence-electron chi connectivity index (χ1n) is 6.40. The molecule has 0 radical (unpaired) electrons. The summed E-state index contributed by atoms with van der Waals surface area (Å²) < 4.78 is 16.2. The minimum atomic E-state index is -2.12. The fraction of sp³-hybridized carbons (Fsp3) is 0.929. The summed E-state index contributed by atoms with van der Waals surface area (Å²) in [6.45, 7) is 12.8. The molecule has 0 spiro atoms. The Hall–Kier alpha value is 1.79. The minimum Gasteiger partial charge on any atom is -0.579 e. The van der Waals surface area contributed by atoms with Crippen molar-refractivity contribution in [1.29, 1.82) is 0 Å². The van der Waals surface area contributed by atoms with Crippen LogP contribution in [0.4, 0.5) is 0 Å². The van der Waals surface area contributed by atoms with Crippen molar-refractivity contribution in [3.63, 3.8) is 0 Å². The van der Waals surface area contributed by atoms with Crippen LogP contribution in [0.5, 0.6) is 0 Å². The Morgan fingerprint density at radius 3 is 1.94 bits per heavy atom. The van der Waals surface area contributed by atoms with Crippen molar-refractivity contribution in [3.8, 4) is 0 Å². The van der Waals surface area contributed by atoms with Crippen LogP contribution in [-0.4, -0.2) is 21.9 Å². The molecule has 3 atom stereocenters. The summed E-state index contributed by atoms with van der Waals surface area (Å²) >= 11 is 0. The molecule has 1 aliphatic rings. The van der Waals surface area contributed by atoms with Crippen molar-refractivity contribution < 1.29 is 62.4 Å². The van der Waals surface area contributed by atoms with Crippen LogP contribution in [0.1, 0.15) is 55.4 Å². The van der Waals surface area contributed by atoms with Crippen LogP contribution in [0.15, 0.2) is 0 Å². The van der Waals surface area contributed by atoms with Gasteiger partial charge >= 0.3 is 58.2 Å². The molecule has 0 aromatic carbocycles. The van der Waals surface area contributed by atoms with Gasteiger partial charge in [0.25, 0.3) is 0 Å². The second-order valence-corrected chi connectivity index (χ2v) is 7.18. The molecule has 1 rings (SSSR count). The third kappa shape index (κ3) is 8.16. The molecule has 0 aliphatic carbocycles. The zero-order valence-corrected chi connectivity index (χ0v) is 18.4. The van der Waals surface area contributed by atoms with E-state index in [9.17, 15) is 4.21 Å². The van der Waals surface area contributed by atoms with Gasteiger partial charge in [0.05, 0.1) is 0 Å². The van der Waals surface area contributed by atoms with Gasteiger partial charge in [0.1, 0.15) is 0 Å². The zero-order valence-electron chi connectivity index (χ0n) is 12.7. The Labute approximate surface area is 165 Å². The molecule has 0 aromatic heterocycles. The minimum absolute atomic E-state index is 0. The van der Waals surface area contributed by atoms with Gasteiger partial charge in [0.15, 0.2) is 0 Å². The van der Waals surface area contributed by atoms with Gasteiger partial charge in [0.2, 0.25) is 0 Å². The number of nitrogens with zero attached hydrogens (tertiary/aromatic N) is 1. The molecule has 106 valence electrons. The Morgan fingerprint density at radius 2 is 1.61 bits per heavy atom. The van der Waals surface area contributed by atoms with Gasteiger partial charge in [-0.15, -0.1) is 15.7 Å². The summed E-state index contributed by atoms with van der Waals surface area (Å²) in [6.07, 6.45) is 1.02. The molecular formula is C14H32NORbS. The summed E-state index contributed by atoms with van der Waals surface area (Å²) in [4.78, 5) is 0. The van der Waals surface area contributed by atoms with E-state index in [4.69, 9.17) is 0 Å². The molecule has 0 N–H and O–H groups in total. The summed E-state index contributed by atoms with van der Waals surface area (Å²) in [6, 6.07) is 0.244. The third-order valence-corrected chi connectivity index (χ3v) is 4.56. The van der Waals surface area contributed by atoms with E-state index in [1.54, 1.807) is 0 Å². The van der Waals surface area contributed by atoms with Crippen LogP contribution in [0, 0.1) is 17.8 Å². The van der Waals surface area contributed by atoms with Gasteiger partial charge in [-0.05, 0) is 18.1 Å². The molecule has 1 fully saturated rings. The molecule has 0 saturated carbocycles. The molecule has 3 unspecified atom stereocenters. The van der Waals surface area contributed by atoms with Crippen LogP contribution >= 0.6 is 0 Å². The van der Waals surface area contributed by atoms with Crippen molar-refractivity contribution >= 4 is 15.6 Å². The molecule has 18 heavy (non-hydrogen) atoms. The van der Waals surface area contributed by atoms with E-state index < -0.39 is 9.71 Å². The third-order valence-electron chi connectivity index (χ3n) is 3.06. The fourth-order valence-electron chi connectivity index (χ4n) is 2.19. The molecule has 2 nitrogen and oxygen atoms in total. The maximum atomic E-state index is 11.8. The summed E-state index contributed by atoms with van der Waals surface area (Å²) in [7, 11) is -2.12. The van der Waals surface area contributed by atoms with Gasteiger partial charge < -0.3 is 4.72 Å². The van der Waals surface area contributed by atoms with E-state index in [0.717, 1.165) is 6.42 Å². The molecule has 1 aliphatic heterocycles. The second kappa shape index (κ2) is 11.4. The smallest absolute Gasteiger partial charge is 0.579 e. The Bertz CT molecular complexity index is 286. The van der Waals surface area contributed by atoms with E-state index in [2.05, 4.69) is 38.3 Å². The fourth-order valence-corrected chi connectivity index (χ4v) is 3.78. The molecule has 0 bridgehead atoms. The van der Waals surface area contributed by atoms with Gasteiger partial charge in [-0.1, -0.05) is 66.7 Å². The van der Waals surface area contributed by atoms with Gasteiger partial charge in [-0.25, -0.2) is 0 Å². The molecule has 0 amide bonds. The zero-order chi connectivity index (χ0) is 12.9. The topological polar surface area (TPSA) is 31.2 Å². The predicted octanol–water partition coefficient (Wildman–Crippen LogP) is 1.36. The molecule has 0 aromatic rings. The van der Waals surface area contributed by atoms with E-state index in [0.29, 0.717) is 23.5 Å². The average molecular weight is 348 g/mol. The van der Waals surface area contributed by atoms with E-state index >= 15 is 0 Å². The molecule has 1 heterocycles. The monoisotopic (exact) mass is 347 g/mol. The SMILES string of the molecule is C.C=S1(=O)CCC(C(C)C)C(C(C)C)[N-]1.CC.[Rb+]. The Kier molecular flexibility index (Phi) is 15.8. The quantitative estimate of drug-likeness (QED) is 0.694. The van der Waals surface area contributed by atoms with Crippen molar-refractivity contribution in [3.05, 3.63) is 4.72 Å². The van der Waals surface area contributed by atoms with Crippen molar-refractivity contribution in [2.75, 3.05) is 5.75 Å². The van der Waals surface area contributed by atoms with Crippen molar-refractivity contribution in [2.24, 2.45) is 17.8 Å². The van der Waals surface area contributed by atoms with Crippen molar-refractivity contribution in [1.82, 2.24) is 0 Å². The first-order valence-corrected chi connectivity index (χ1v) is 8.26. The summed E-state index contributed by atoms with van der Waals surface area (Å²) in [5, 5.41) is 0. The van der Waals surface area contributed by atoms with E-state index in [1.165, 1.54) is 0 Å². The predicted molar refractivity (Wildman–Crippen MR) is 83.1 cm³/mol. The number of hydrogen-bond donors (Lipinski definition) is 0. The Morgan fingerprint density at radius 1 is 1.17 bits per heavy atom. The van der Waals surface area contributed by atoms with Gasteiger partial charge in [0, 0.05) is 0 Å². The van der Waals surface area contributed by atoms with Crippen LogP contribution in [-0.2, 0) is 9.71 Å². The van der Waals surface area contributed by atoms with E-state index in [-0.39, 0.29) is 71.7 Å². The standard InChI is InChI=1S/C11H22NOS.C2H6.CH4.Rb/c1-8(2)10-6-7-14(5,13)12-11(10)9(3)4;1-2;;/h8-11H,5-7H2,1-4H3;1-2H3;1H4;/q-1;;;+1. The first kappa shape index (κ1) is 24.8. The first-order chi connectivity index (χ1) is 7.33. The van der Waals surface area contributed by atoms with E-state index in [1.807, 2.05) is 13.8 Å². The summed E-state index contributed by atoms with van der Waals surface area (Å²) in [5.41, 5.74) is 0.